The highest BCUT2D eigenvalue weighted by Gasteiger charge is 2.36. The van der Waals surface area contributed by atoms with Crippen molar-refractivity contribution >= 4 is 72.8 Å². The molecular formula is C30H46O13S3. The number of carbonyl (C=O) groups is 6. The van der Waals surface area contributed by atoms with Gasteiger partial charge in [-0.15, -0.1) is 0 Å². The van der Waals surface area contributed by atoms with Crippen LogP contribution in [0.5, 0.6) is 0 Å². The van der Waals surface area contributed by atoms with Gasteiger partial charge in [0, 0.05) is 35.2 Å². The van der Waals surface area contributed by atoms with Crippen LogP contribution in [0, 0.1) is 16.7 Å². The summed E-state index contributed by atoms with van der Waals surface area (Å²) in [5.41, 5.74) is -2.34. The Morgan fingerprint density at radius 3 is 1.52 bits per heavy atom. The van der Waals surface area contributed by atoms with Crippen molar-refractivity contribution in [3.63, 3.8) is 0 Å². The number of carbonyl (C=O) groups excluding carboxylic acids is 6. The Bertz CT molecular complexity index is 972. The van der Waals surface area contributed by atoms with Gasteiger partial charge in [0.05, 0.1) is 42.6 Å². The predicted molar refractivity (Wildman–Crippen MR) is 176 cm³/mol. The van der Waals surface area contributed by atoms with Crippen LogP contribution in [0.25, 0.3) is 0 Å². The van der Waals surface area contributed by atoms with Gasteiger partial charge in [-0.2, -0.15) is 37.0 Å². The number of hydrogen-bond donors (Lipinski definition) is 3. The number of thiol groups is 2. The van der Waals surface area contributed by atoms with Gasteiger partial charge in [-0.3, -0.25) is 19.2 Å². The summed E-state index contributed by atoms with van der Waals surface area (Å²) in [6.45, 7) is 7.77. The summed E-state index contributed by atoms with van der Waals surface area (Å²) in [5.74, 6) is -3.04. The minimum Gasteiger partial charge on any atom is -0.465 e. The van der Waals surface area contributed by atoms with Crippen LogP contribution >= 0.6 is 37.0 Å². The number of thioether (sulfide) groups is 1. The van der Waals surface area contributed by atoms with E-state index in [1.165, 1.54) is 11.8 Å². The highest BCUT2D eigenvalue weighted by Crippen LogP contribution is 2.25. The normalized spacial score (nSPS) is 11.8. The van der Waals surface area contributed by atoms with E-state index in [1.807, 2.05) is 0 Å². The Morgan fingerprint density at radius 2 is 1.13 bits per heavy atom. The molecule has 0 aliphatic heterocycles. The van der Waals surface area contributed by atoms with E-state index in [0.29, 0.717) is 23.7 Å². The Hall–Kier alpha value is -2.69. The lowest BCUT2D eigenvalue weighted by Gasteiger charge is -2.31. The van der Waals surface area contributed by atoms with Crippen molar-refractivity contribution in [2.75, 3.05) is 69.3 Å². The second-order valence-electron chi connectivity index (χ2n) is 10.4. The summed E-state index contributed by atoms with van der Waals surface area (Å²) in [6.07, 6.45) is 2.45. The summed E-state index contributed by atoms with van der Waals surface area (Å²) < 4.78 is 31.4. The van der Waals surface area contributed by atoms with Crippen molar-refractivity contribution in [3.8, 4) is 0 Å². The average Bonchev–Trinajstić information content (AvgIpc) is 3.06. The molecule has 0 heterocycles. The van der Waals surface area contributed by atoms with E-state index in [-0.39, 0.29) is 44.8 Å². The summed E-state index contributed by atoms with van der Waals surface area (Å²) in [5, 5.41) is 9.96. The second kappa shape index (κ2) is 24.5. The van der Waals surface area contributed by atoms with Gasteiger partial charge in [0.25, 0.3) is 0 Å². The second-order valence-corrected chi connectivity index (χ2v) is 12.4. The van der Waals surface area contributed by atoms with Crippen molar-refractivity contribution in [2.45, 2.75) is 39.5 Å². The Balaban J connectivity index is 4.96. The fourth-order valence-corrected chi connectivity index (χ4v) is 4.54. The highest BCUT2D eigenvalue weighted by atomic mass is 32.2. The molecular weight excluding hydrogens is 665 g/mol. The molecule has 0 saturated heterocycles. The quantitative estimate of drug-likeness (QED) is 0.0392. The Morgan fingerprint density at radius 1 is 0.717 bits per heavy atom. The van der Waals surface area contributed by atoms with Crippen molar-refractivity contribution < 1.29 is 62.3 Å². The zero-order valence-electron chi connectivity index (χ0n) is 26.4. The van der Waals surface area contributed by atoms with E-state index in [0.717, 1.165) is 12.2 Å². The SMILES string of the molecule is C=CC(=O)OCC(CO)(COC(=O)C=C)COC(=O)C(C)CSCCC(=O)OCC(CC)(COC(=O)CCS)COC(=O)CCS. The molecule has 1 unspecified atom stereocenters. The lowest BCUT2D eigenvalue weighted by molar-refractivity contribution is -0.165. The standard InChI is InChI=1S/C30H46O13S3/c1-5-23(32)38-19-30(15-31,20-39-24(33)6-2)21-43-28(37)22(4)14-46-13-10-27(36)42-18-29(7-3,16-40-25(34)8-11-44)17-41-26(35)9-12-45/h5-6,22,31,44-45H,1-2,7-21H2,3-4H3. The van der Waals surface area contributed by atoms with Crippen molar-refractivity contribution in [2.24, 2.45) is 16.7 Å². The molecule has 1 N–H and O–H groups in total. The Labute approximate surface area is 285 Å². The molecule has 0 aromatic carbocycles. The third-order valence-electron chi connectivity index (χ3n) is 6.45. The monoisotopic (exact) mass is 710 g/mol. The molecule has 262 valence electrons. The fraction of sp³-hybridized carbons (Fsp3) is 0.667. The predicted octanol–water partition coefficient (Wildman–Crippen LogP) is 2.39. The minimum atomic E-state index is -1.41. The number of ether oxygens (including phenoxy) is 6. The topological polar surface area (TPSA) is 178 Å². The maximum absolute atomic E-state index is 12.6. The third kappa shape index (κ3) is 18.5. The average molecular weight is 711 g/mol. The van der Waals surface area contributed by atoms with Gasteiger partial charge >= 0.3 is 35.8 Å². The highest BCUT2D eigenvalue weighted by molar-refractivity contribution is 7.99. The molecule has 0 aliphatic carbocycles. The molecule has 16 heteroatoms. The minimum absolute atomic E-state index is 0.0159. The van der Waals surface area contributed by atoms with Gasteiger partial charge in [0.1, 0.15) is 39.6 Å². The molecule has 0 aromatic rings. The van der Waals surface area contributed by atoms with E-state index >= 15 is 0 Å². The first-order chi connectivity index (χ1) is 21.8. The maximum Gasteiger partial charge on any atom is 0.330 e. The molecule has 0 radical (unpaired) electrons. The molecule has 0 saturated carbocycles. The summed E-state index contributed by atoms with van der Waals surface area (Å²) >= 11 is 9.33. The van der Waals surface area contributed by atoms with Crippen molar-refractivity contribution in [1.82, 2.24) is 0 Å². The number of aliphatic hydroxyl groups is 1. The van der Waals surface area contributed by atoms with E-state index in [4.69, 9.17) is 28.4 Å². The maximum atomic E-state index is 12.6. The zero-order valence-corrected chi connectivity index (χ0v) is 29.0. The zero-order chi connectivity index (χ0) is 35.0. The molecule has 0 bridgehead atoms. The van der Waals surface area contributed by atoms with E-state index in [2.05, 4.69) is 38.4 Å². The van der Waals surface area contributed by atoms with Crippen molar-refractivity contribution in [3.05, 3.63) is 25.3 Å². The van der Waals surface area contributed by atoms with Crippen LogP contribution < -0.4 is 0 Å². The first-order valence-electron chi connectivity index (χ1n) is 14.5. The lowest BCUT2D eigenvalue weighted by atomic mass is 9.88. The Kier molecular flexibility index (Phi) is 23.0. The van der Waals surface area contributed by atoms with Gasteiger partial charge in [0.15, 0.2) is 0 Å². The van der Waals surface area contributed by atoms with E-state index < -0.39 is 79.0 Å². The molecule has 0 aliphatic rings. The molecule has 0 amide bonds. The molecule has 0 rings (SSSR count). The summed E-state index contributed by atoms with van der Waals surface area (Å²) in [6, 6.07) is 0. The van der Waals surface area contributed by atoms with Crippen LogP contribution in [-0.4, -0.2) is 110 Å². The smallest absolute Gasteiger partial charge is 0.330 e. The molecule has 0 fully saturated rings. The van der Waals surface area contributed by atoms with Crippen LogP contribution in [0.4, 0.5) is 0 Å². The van der Waals surface area contributed by atoms with Gasteiger partial charge in [-0.25, -0.2) is 9.59 Å². The lowest BCUT2D eigenvalue weighted by Crippen LogP contribution is -2.43. The molecule has 0 aromatic heterocycles. The van der Waals surface area contributed by atoms with Crippen LogP contribution in [0.15, 0.2) is 25.3 Å². The molecule has 1 atom stereocenters. The number of rotatable bonds is 26. The number of hydrogen-bond acceptors (Lipinski definition) is 16. The summed E-state index contributed by atoms with van der Waals surface area (Å²) in [4.78, 5) is 72.0. The van der Waals surface area contributed by atoms with Crippen LogP contribution in [0.2, 0.25) is 0 Å². The van der Waals surface area contributed by atoms with Crippen LogP contribution in [0.1, 0.15) is 39.5 Å². The third-order valence-corrected chi connectivity index (χ3v) is 8.13. The first kappa shape index (κ1) is 43.3. The largest absolute Gasteiger partial charge is 0.465 e. The van der Waals surface area contributed by atoms with Gasteiger partial charge in [-0.1, -0.05) is 27.0 Å². The van der Waals surface area contributed by atoms with Crippen LogP contribution in [-0.2, 0) is 57.2 Å². The van der Waals surface area contributed by atoms with E-state index in [9.17, 15) is 33.9 Å². The van der Waals surface area contributed by atoms with Crippen LogP contribution in [0.3, 0.4) is 0 Å². The number of esters is 6. The number of aliphatic hydroxyl groups excluding tert-OH is 1. The first-order valence-corrected chi connectivity index (χ1v) is 16.9. The van der Waals surface area contributed by atoms with Gasteiger partial charge in [-0.05, 0) is 6.42 Å². The van der Waals surface area contributed by atoms with E-state index in [1.54, 1.807) is 13.8 Å². The molecule has 46 heavy (non-hydrogen) atoms. The molecule has 13 nitrogen and oxygen atoms in total. The summed E-state index contributed by atoms with van der Waals surface area (Å²) in [7, 11) is 0. The fourth-order valence-electron chi connectivity index (χ4n) is 3.21. The molecule has 0 spiro atoms. The van der Waals surface area contributed by atoms with Crippen molar-refractivity contribution in [1.29, 1.82) is 0 Å². The van der Waals surface area contributed by atoms with Gasteiger partial charge < -0.3 is 33.5 Å². The van der Waals surface area contributed by atoms with Gasteiger partial charge in [0.2, 0.25) is 0 Å².